The highest BCUT2D eigenvalue weighted by Gasteiger charge is 2.31. The van der Waals surface area contributed by atoms with Crippen LogP contribution in [0.25, 0.3) is 0 Å². The van der Waals surface area contributed by atoms with Gasteiger partial charge < -0.3 is 10.3 Å². The van der Waals surface area contributed by atoms with Gasteiger partial charge in [-0.3, -0.25) is 0 Å². The molecule has 1 aromatic heterocycles. The molecule has 0 saturated heterocycles. The summed E-state index contributed by atoms with van der Waals surface area (Å²) in [4.78, 5) is 3.93. The molecule has 0 bridgehead atoms. The minimum atomic E-state index is -2.53. The molecule has 0 aromatic carbocycles. The maximum Gasteiger partial charge on any atom is 0.256 e. The molecule has 0 aliphatic carbocycles. The standard InChI is InChI=1S/C8H13F2N3/c1-8(11,7(9)10)3-6-4-13(2)5-12-6/h4-5,7H,3,11H2,1-2H3. The molecule has 1 unspecified atom stereocenters. The quantitative estimate of drug-likeness (QED) is 0.769. The number of aryl methyl sites for hydroxylation is 1. The second-order valence-corrected chi connectivity index (χ2v) is 3.51. The zero-order valence-corrected chi connectivity index (χ0v) is 7.67. The first kappa shape index (κ1) is 10.1. The Morgan fingerprint density at radius 1 is 1.69 bits per heavy atom. The van der Waals surface area contributed by atoms with Gasteiger partial charge in [-0.1, -0.05) is 0 Å². The van der Waals surface area contributed by atoms with E-state index in [0.717, 1.165) is 0 Å². The number of nitrogens with zero attached hydrogens (tertiary/aromatic N) is 2. The minimum absolute atomic E-state index is 0.0888. The molecule has 0 spiro atoms. The zero-order valence-electron chi connectivity index (χ0n) is 7.67. The van der Waals surface area contributed by atoms with E-state index < -0.39 is 12.0 Å². The zero-order chi connectivity index (χ0) is 10.1. The van der Waals surface area contributed by atoms with Crippen LogP contribution in [0.1, 0.15) is 12.6 Å². The number of aromatic nitrogens is 2. The van der Waals surface area contributed by atoms with Gasteiger partial charge in [0.05, 0.1) is 17.6 Å². The molecule has 5 heteroatoms. The topological polar surface area (TPSA) is 43.8 Å². The Morgan fingerprint density at radius 3 is 2.69 bits per heavy atom. The van der Waals surface area contributed by atoms with Crippen LogP contribution in [0.4, 0.5) is 8.78 Å². The van der Waals surface area contributed by atoms with Gasteiger partial charge in [0.1, 0.15) is 0 Å². The molecular formula is C8H13F2N3. The van der Waals surface area contributed by atoms with Gasteiger partial charge in [-0.05, 0) is 6.92 Å². The maximum absolute atomic E-state index is 12.3. The molecule has 1 atom stereocenters. The van der Waals surface area contributed by atoms with Gasteiger partial charge in [0, 0.05) is 19.7 Å². The van der Waals surface area contributed by atoms with Crippen molar-refractivity contribution >= 4 is 0 Å². The van der Waals surface area contributed by atoms with E-state index in [4.69, 9.17) is 5.73 Å². The van der Waals surface area contributed by atoms with Crippen LogP contribution in [0.2, 0.25) is 0 Å². The van der Waals surface area contributed by atoms with E-state index in [1.54, 1.807) is 24.1 Å². The monoisotopic (exact) mass is 189 g/mol. The fourth-order valence-electron chi connectivity index (χ4n) is 1.03. The van der Waals surface area contributed by atoms with Gasteiger partial charge in [0.15, 0.2) is 0 Å². The van der Waals surface area contributed by atoms with Crippen molar-refractivity contribution in [3.05, 3.63) is 18.2 Å². The predicted molar refractivity (Wildman–Crippen MR) is 45.5 cm³/mol. The number of alkyl halides is 2. The highest BCUT2D eigenvalue weighted by atomic mass is 19.3. The average Bonchev–Trinajstić information content (AvgIpc) is 2.34. The van der Waals surface area contributed by atoms with Crippen molar-refractivity contribution in [2.75, 3.05) is 0 Å². The molecule has 0 aliphatic rings. The molecule has 1 heterocycles. The van der Waals surface area contributed by atoms with Gasteiger partial charge in [0.25, 0.3) is 6.43 Å². The van der Waals surface area contributed by atoms with E-state index in [-0.39, 0.29) is 6.42 Å². The Labute approximate surface area is 75.6 Å². The van der Waals surface area contributed by atoms with Crippen LogP contribution in [-0.4, -0.2) is 21.5 Å². The summed E-state index contributed by atoms with van der Waals surface area (Å²) in [5.74, 6) is 0. The highest BCUT2D eigenvalue weighted by Crippen LogP contribution is 2.16. The lowest BCUT2D eigenvalue weighted by atomic mass is 9.98. The van der Waals surface area contributed by atoms with Gasteiger partial charge in [0.2, 0.25) is 0 Å². The first-order valence-electron chi connectivity index (χ1n) is 3.95. The lowest BCUT2D eigenvalue weighted by Crippen LogP contribution is -2.45. The van der Waals surface area contributed by atoms with Crippen molar-refractivity contribution < 1.29 is 8.78 Å². The van der Waals surface area contributed by atoms with Crippen LogP contribution < -0.4 is 5.73 Å². The second-order valence-electron chi connectivity index (χ2n) is 3.51. The Hall–Kier alpha value is -0.970. The lowest BCUT2D eigenvalue weighted by molar-refractivity contribution is 0.0634. The van der Waals surface area contributed by atoms with E-state index in [1.165, 1.54) is 6.92 Å². The summed E-state index contributed by atoms with van der Waals surface area (Å²) in [6.45, 7) is 1.33. The largest absolute Gasteiger partial charge is 0.340 e. The Balaban J connectivity index is 2.68. The Kier molecular flexibility index (Phi) is 2.66. The fourth-order valence-corrected chi connectivity index (χ4v) is 1.03. The van der Waals surface area contributed by atoms with Crippen LogP contribution in [0.3, 0.4) is 0 Å². The Bertz CT molecular complexity index is 281. The SMILES string of the molecule is Cn1cnc(CC(C)(N)C(F)F)c1. The summed E-state index contributed by atoms with van der Waals surface area (Å²) in [7, 11) is 1.78. The van der Waals surface area contributed by atoms with E-state index in [1.807, 2.05) is 0 Å². The molecule has 0 fully saturated rings. The van der Waals surface area contributed by atoms with E-state index in [2.05, 4.69) is 4.98 Å². The van der Waals surface area contributed by atoms with Crippen LogP contribution in [0.15, 0.2) is 12.5 Å². The maximum atomic E-state index is 12.3. The first-order valence-corrected chi connectivity index (χ1v) is 3.95. The average molecular weight is 189 g/mol. The summed E-state index contributed by atoms with van der Waals surface area (Å²) in [5, 5.41) is 0. The smallest absolute Gasteiger partial charge is 0.256 e. The molecule has 2 N–H and O–H groups in total. The van der Waals surface area contributed by atoms with Crippen molar-refractivity contribution in [1.29, 1.82) is 0 Å². The normalized spacial score (nSPS) is 16.2. The molecule has 0 radical (unpaired) electrons. The molecule has 13 heavy (non-hydrogen) atoms. The summed E-state index contributed by atoms with van der Waals surface area (Å²) in [6.07, 6.45) is 0.810. The summed E-state index contributed by atoms with van der Waals surface area (Å²) in [6, 6.07) is 0. The molecule has 0 saturated carbocycles. The van der Waals surface area contributed by atoms with Crippen LogP contribution in [0.5, 0.6) is 0 Å². The van der Waals surface area contributed by atoms with Crippen molar-refractivity contribution in [1.82, 2.24) is 9.55 Å². The Morgan fingerprint density at radius 2 is 2.31 bits per heavy atom. The molecule has 0 aliphatic heterocycles. The fraction of sp³-hybridized carbons (Fsp3) is 0.625. The van der Waals surface area contributed by atoms with E-state index in [0.29, 0.717) is 5.69 Å². The van der Waals surface area contributed by atoms with Crippen molar-refractivity contribution in [2.24, 2.45) is 12.8 Å². The number of imidazole rings is 1. The predicted octanol–water partition coefficient (Wildman–Crippen LogP) is 0.945. The first-order chi connectivity index (χ1) is 5.92. The van der Waals surface area contributed by atoms with Crippen LogP contribution >= 0.6 is 0 Å². The molecule has 1 rings (SSSR count). The number of hydrogen-bond acceptors (Lipinski definition) is 2. The molecule has 1 aromatic rings. The third kappa shape index (κ3) is 2.48. The third-order valence-corrected chi connectivity index (χ3v) is 1.82. The summed E-state index contributed by atoms with van der Waals surface area (Å²) in [5.41, 5.74) is 4.50. The van der Waals surface area contributed by atoms with E-state index in [9.17, 15) is 8.78 Å². The van der Waals surface area contributed by atoms with Crippen molar-refractivity contribution in [2.45, 2.75) is 25.3 Å². The van der Waals surface area contributed by atoms with Gasteiger partial charge in [-0.2, -0.15) is 0 Å². The van der Waals surface area contributed by atoms with Crippen LogP contribution in [-0.2, 0) is 13.5 Å². The molecule has 3 nitrogen and oxygen atoms in total. The summed E-state index contributed by atoms with van der Waals surface area (Å²) >= 11 is 0. The number of nitrogens with two attached hydrogens (primary N) is 1. The van der Waals surface area contributed by atoms with Crippen molar-refractivity contribution in [3.63, 3.8) is 0 Å². The second kappa shape index (κ2) is 3.41. The van der Waals surface area contributed by atoms with Gasteiger partial charge in [-0.25, -0.2) is 13.8 Å². The third-order valence-electron chi connectivity index (χ3n) is 1.82. The number of hydrogen-bond donors (Lipinski definition) is 1. The molecule has 0 amide bonds. The minimum Gasteiger partial charge on any atom is -0.340 e. The van der Waals surface area contributed by atoms with E-state index >= 15 is 0 Å². The van der Waals surface area contributed by atoms with Gasteiger partial charge >= 0.3 is 0 Å². The summed E-state index contributed by atoms with van der Waals surface area (Å²) < 4.78 is 26.4. The van der Waals surface area contributed by atoms with Crippen molar-refractivity contribution in [3.8, 4) is 0 Å². The van der Waals surface area contributed by atoms with Crippen LogP contribution in [0, 0.1) is 0 Å². The molecular weight excluding hydrogens is 176 g/mol. The number of halogens is 2. The highest BCUT2D eigenvalue weighted by molar-refractivity contribution is 5.03. The lowest BCUT2D eigenvalue weighted by Gasteiger charge is -2.21. The molecule has 74 valence electrons. The number of rotatable bonds is 3. The van der Waals surface area contributed by atoms with Gasteiger partial charge in [-0.15, -0.1) is 0 Å².